The number of aliphatic hydroxyl groups excluding tert-OH is 1. The van der Waals surface area contributed by atoms with E-state index in [9.17, 15) is 9.59 Å². The first-order valence-corrected chi connectivity index (χ1v) is 8.62. The molecule has 0 saturated carbocycles. The zero-order valence-corrected chi connectivity index (χ0v) is 14.0. The van der Waals surface area contributed by atoms with Gasteiger partial charge in [-0.15, -0.1) is 0 Å². The Hall–Kier alpha value is -1.10. The minimum absolute atomic E-state index is 0.0410. The van der Waals surface area contributed by atoms with Gasteiger partial charge in [0.1, 0.15) is 6.61 Å². The van der Waals surface area contributed by atoms with Crippen LogP contribution in [0.4, 0.5) is 0 Å². The number of unbranched alkanes of at least 4 members (excludes halogenated alkanes) is 7. The molecule has 0 atom stereocenters. The summed E-state index contributed by atoms with van der Waals surface area (Å²) < 4.78 is 9.87. The first-order chi connectivity index (χ1) is 10.7. The van der Waals surface area contributed by atoms with E-state index in [0.29, 0.717) is 25.9 Å². The molecule has 0 fully saturated rings. The van der Waals surface area contributed by atoms with Crippen molar-refractivity contribution in [2.24, 2.45) is 0 Å². The van der Waals surface area contributed by atoms with Crippen LogP contribution < -0.4 is 0 Å². The molecule has 0 aromatic rings. The lowest BCUT2D eigenvalue weighted by Crippen LogP contribution is -2.09. The lowest BCUT2D eigenvalue weighted by molar-refractivity contribution is -0.146. The lowest BCUT2D eigenvalue weighted by atomic mass is 10.1. The second-order valence-electron chi connectivity index (χ2n) is 5.49. The summed E-state index contributed by atoms with van der Waals surface area (Å²) in [4.78, 5) is 22.6. The maximum Gasteiger partial charge on any atom is 0.305 e. The molecule has 1 N–H and O–H groups in total. The number of hydrogen-bond acceptors (Lipinski definition) is 5. The molecule has 5 nitrogen and oxygen atoms in total. The second kappa shape index (κ2) is 16.3. The van der Waals surface area contributed by atoms with E-state index in [4.69, 9.17) is 14.6 Å². The maximum atomic E-state index is 11.5. The third-order valence-corrected chi connectivity index (χ3v) is 3.38. The van der Waals surface area contributed by atoms with Gasteiger partial charge < -0.3 is 14.6 Å². The van der Waals surface area contributed by atoms with Crippen LogP contribution >= 0.6 is 0 Å². The van der Waals surface area contributed by atoms with Crippen molar-refractivity contribution in [2.45, 2.75) is 77.6 Å². The van der Waals surface area contributed by atoms with E-state index in [1.807, 2.05) is 0 Å². The van der Waals surface area contributed by atoms with Crippen molar-refractivity contribution in [1.82, 2.24) is 0 Å². The highest BCUT2D eigenvalue weighted by atomic mass is 16.5. The Morgan fingerprint density at radius 2 is 1.23 bits per heavy atom. The van der Waals surface area contributed by atoms with Crippen molar-refractivity contribution in [1.29, 1.82) is 0 Å². The monoisotopic (exact) mass is 316 g/mol. The van der Waals surface area contributed by atoms with Gasteiger partial charge in [0.2, 0.25) is 0 Å². The molecule has 0 radical (unpaired) electrons. The fourth-order valence-corrected chi connectivity index (χ4v) is 2.09. The fourth-order valence-electron chi connectivity index (χ4n) is 2.09. The summed E-state index contributed by atoms with van der Waals surface area (Å²) in [5.74, 6) is -0.514. The van der Waals surface area contributed by atoms with Gasteiger partial charge in [0.05, 0.1) is 13.2 Å². The van der Waals surface area contributed by atoms with Crippen LogP contribution in [0.3, 0.4) is 0 Å². The molecule has 0 saturated heterocycles. The van der Waals surface area contributed by atoms with Crippen LogP contribution in [0, 0.1) is 0 Å². The van der Waals surface area contributed by atoms with E-state index in [0.717, 1.165) is 12.8 Å². The third-order valence-electron chi connectivity index (χ3n) is 3.38. The molecule has 0 unspecified atom stereocenters. The number of ether oxygens (including phenoxy) is 2. The Labute approximate surface area is 134 Å². The topological polar surface area (TPSA) is 72.8 Å². The van der Waals surface area contributed by atoms with Crippen LogP contribution in [0.5, 0.6) is 0 Å². The summed E-state index contributed by atoms with van der Waals surface area (Å²) in [5.41, 5.74) is 0. The summed E-state index contributed by atoms with van der Waals surface area (Å²) in [5, 5.41) is 8.50. The third kappa shape index (κ3) is 15.3. The molecule has 0 spiro atoms. The molecule has 22 heavy (non-hydrogen) atoms. The number of esters is 2. The van der Waals surface area contributed by atoms with Gasteiger partial charge in [0.25, 0.3) is 0 Å². The molecule has 0 aliphatic carbocycles. The fraction of sp³-hybridized carbons (Fsp3) is 0.882. The average Bonchev–Trinajstić information content (AvgIpc) is 2.52. The van der Waals surface area contributed by atoms with Gasteiger partial charge >= 0.3 is 11.9 Å². The van der Waals surface area contributed by atoms with Crippen molar-refractivity contribution in [3.63, 3.8) is 0 Å². The van der Waals surface area contributed by atoms with Crippen molar-refractivity contribution in [3.8, 4) is 0 Å². The molecule has 0 aliphatic heterocycles. The number of hydrogen-bond donors (Lipinski definition) is 1. The summed E-state index contributed by atoms with van der Waals surface area (Å²) in [7, 11) is 0. The van der Waals surface area contributed by atoms with Crippen molar-refractivity contribution in [2.75, 3.05) is 19.8 Å². The van der Waals surface area contributed by atoms with Gasteiger partial charge in [-0.3, -0.25) is 9.59 Å². The molecule has 0 bridgehead atoms. The Morgan fingerprint density at radius 1 is 0.727 bits per heavy atom. The summed E-state index contributed by atoms with van der Waals surface area (Å²) in [6.45, 7) is 2.60. The smallest absolute Gasteiger partial charge is 0.305 e. The minimum Gasteiger partial charge on any atom is -0.466 e. The number of carbonyl (C=O) groups excluding carboxylic acids is 2. The van der Waals surface area contributed by atoms with Gasteiger partial charge in [-0.1, -0.05) is 45.4 Å². The maximum absolute atomic E-state index is 11.5. The Kier molecular flexibility index (Phi) is 15.5. The zero-order chi connectivity index (χ0) is 16.5. The van der Waals surface area contributed by atoms with Crippen LogP contribution in [-0.2, 0) is 19.1 Å². The van der Waals surface area contributed by atoms with Gasteiger partial charge in [-0.25, -0.2) is 0 Å². The van der Waals surface area contributed by atoms with E-state index >= 15 is 0 Å². The van der Waals surface area contributed by atoms with Crippen LogP contribution in [0.2, 0.25) is 0 Å². The normalized spacial score (nSPS) is 10.5. The Morgan fingerprint density at radius 3 is 1.77 bits per heavy atom. The van der Waals surface area contributed by atoms with Crippen molar-refractivity contribution < 1.29 is 24.2 Å². The van der Waals surface area contributed by atoms with Crippen LogP contribution in [-0.4, -0.2) is 36.9 Å². The first-order valence-electron chi connectivity index (χ1n) is 8.62. The average molecular weight is 316 g/mol. The van der Waals surface area contributed by atoms with E-state index < -0.39 is 0 Å². The molecular weight excluding hydrogens is 284 g/mol. The summed E-state index contributed by atoms with van der Waals surface area (Å²) in [6.07, 6.45) is 10.3. The van der Waals surface area contributed by atoms with Gasteiger partial charge in [0.15, 0.2) is 0 Å². The minimum atomic E-state index is -0.328. The van der Waals surface area contributed by atoms with Gasteiger partial charge in [0, 0.05) is 12.8 Å². The number of aliphatic hydroxyl groups is 1. The van der Waals surface area contributed by atoms with E-state index in [1.54, 1.807) is 0 Å². The van der Waals surface area contributed by atoms with E-state index in [1.165, 1.54) is 32.1 Å². The molecule has 0 aliphatic rings. The molecule has 0 aromatic heterocycles. The van der Waals surface area contributed by atoms with Crippen LogP contribution in [0.1, 0.15) is 77.6 Å². The largest absolute Gasteiger partial charge is 0.466 e. The predicted molar refractivity (Wildman–Crippen MR) is 85.5 cm³/mol. The Bertz CT molecular complexity index is 278. The molecule has 130 valence electrons. The number of carbonyl (C=O) groups is 2. The molecule has 0 rings (SSSR count). The van der Waals surface area contributed by atoms with Crippen LogP contribution in [0.25, 0.3) is 0 Å². The molecule has 0 aromatic carbocycles. The highest BCUT2D eigenvalue weighted by molar-refractivity contribution is 5.70. The van der Waals surface area contributed by atoms with Crippen LogP contribution in [0.15, 0.2) is 0 Å². The van der Waals surface area contributed by atoms with Gasteiger partial charge in [-0.2, -0.15) is 0 Å². The highest BCUT2D eigenvalue weighted by Crippen LogP contribution is 2.07. The Balaban J connectivity index is 3.27. The van der Waals surface area contributed by atoms with E-state index in [2.05, 4.69) is 6.92 Å². The highest BCUT2D eigenvalue weighted by Gasteiger charge is 2.05. The molecule has 5 heteroatoms. The lowest BCUT2D eigenvalue weighted by Gasteiger charge is -2.05. The first kappa shape index (κ1) is 20.9. The summed E-state index contributed by atoms with van der Waals surface area (Å²) in [6, 6.07) is 0. The van der Waals surface area contributed by atoms with Crippen molar-refractivity contribution >= 4 is 11.9 Å². The van der Waals surface area contributed by atoms with Crippen molar-refractivity contribution in [3.05, 3.63) is 0 Å². The second-order valence-corrected chi connectivity index (χ2v) is 5.49. The number of rotatable bonds is 15. The molecular formula is C17H32O5. The SMILES string of the molecule is CCCCCCCCCOC(=O)CCCCC(=O)OCCO. The summed E-state index contributed by atoms with van der Waals surface area (Å²) >= 11 is 0. The van der Waals surface area contributed by atoms with Gasteiger partial charge in [-0.05, 0) is 19.3 Å². The predicted octanol–water partition coefficient (Wildman–Crippen LogP) is 3.38. The standard InChI is InChI=1S/C17H32O5/c1-2-3-4-5-6-7-10-14-21-16(19)11-8-9-12-17(20)22-15-13-18/h18H,2-15H2,1H3. The zero-order valence-electron chi connectivity index (χ0n) is 14.0. The quantitative estimate of drug-likeness (QED) is 0.370. The van der Waals surface area contributed by atoms with E-state index in [-0.39, 0.29) is 31.6 Å². The molecule has 0 amide bonds. The molecule has 0 heterocycles.